The van der Waals surface area contributed by atoms with E-state index in [0.29, 0.717) is 39.6 Å². The van der Waals surface area contributed by atoms with Gasteiger partial charge in [-0.2, -0.15) is 0 Å². The van der Waals surface area contributed by atoms with Crippen LogP contribution in [0.2, 0.25) is 0 Å². The van der Waals surface area contributed by atoms with Crippen LogP contribution in [0, 0.1) is 56.7 Å². The first-order valence-electron chi connectivity index (χ1n) is 13.8. The van der Waals surface area contributed by atoms with Gasteiger partial charge in [-0.1, -0.05) is 48.5 Å². The van der Waals surface area contributed by atoms with Gasteiger partial charge in [0.25, 0.3) is 0 Å². The van der Waals surface area contributed by atoms with E-state index in [4.69, 9.17) is 0 Å². The standard InChI is InChI=1S/C30H48O2/c1-26(2)21-10-8-19-18-28(5)15-12-22-27(3,4)25(32)14-17-30(22,7)23(28)11-9-20(19)29(21,6)16-13-24(26)31/h19-23H,8-18H2,1-7H3/t19-,20-,21-,22-,23-,28-,29+,30-/m0/s1. The molecular weight excluding hydrogens is 392 g/mol. The van der Waals surface area contributed by atoms with Crippen molar-refractivity contribution in [1.82, 2.24) is 0 Å². The van der Waals surface area contributed by atoms with Crippen LogP contribution >= 0.6 is 0 Å². The molecule has 0 spiro atoms. The van der Waals surface area contributed by atoms with E-state index in [9.17, 15) is 9.59 Å². The van der Waals surface area contributed by atoms with Crippen LogP contribution in [-0.4, -0.2) is 11.6 Å². The molecule has 2 nitrogen and oxygen atoms in total. The third-order valence-corrected chi connectivity index (χ3v) is 12.9. The molecule has 180 valence electrons. The Kier molecular flexibility index (Phi) is 5.01. The van der Waals surface area contributed by atoms with Crippen LogP contribution in [0.25, 0.3) is 0 Å². The van der Waals surface area contributed by atoms with Gasteiger partial charge in [-0.05, 0) is 104 Å². The second-order valence-corrected chi connectivity index (χ2v) is 14.9. The summed E-state index contributed by atoms with van der Waals surface area (Å²) >= 11 is 0. The summed E-state index contributed by atoms with van der Waals surface area (Å²) < 4.78 is 0. The molecule has 5 rings (SSSR count). The minimum atomic E-state index is -0.155. The monoisotopic (exact) mass is 440 g/mol. The molecule has 2 heteroatoms. The maximum absolute atomic E-state index is 12.9. The third-order valence-electron chi connectivity index (χ3n) is 12.9. The normalized spacial score (nSPS) is 52.2. The zero-order valence-electron chi connectivity index (χ0n) is 22.0. The van der Waals surface area contributed by atoms with Crippen molar-refractivity contribution in [2.45, 2.75) is 119 Å². The van der Waals surface area contributed by atoms with Crippen LogP contribution in [0.1, 0.15) is 119 Å². The Balaban J connectivity index is 1.49. The quantitative estimate of drug-likeness (QED) is 0.388. The zero-order valence-corrected chi connectivity index (χ0v) is 22.0. The minimum absolute atomic E-state index is 0.147. The molecule has 0 aromatic rings. The fourth-order valence-corrected chi connectivity index (χ4v) is 11.3. The van der Waals surface area contributed by atoms with Gasteiger partial charge in [0, 0.05) is 23.7 Å². The number of Topliss-reactive ketones (excluding diaryl/α,β-unsaturated/α-hetero) is 2. The van der Waals surface area contributed by atoms with Crippen LogP contribution in [0.5, 0.6) is 0 Å². The fraction of sp³-hybridized carbons (Fsp3) is 0.933. The molecule has 0 aliphatic heterocycles. The summed E-state index contributed by atoms with van der Waals surface area (Å²) in [4.78, 5) is 25.7. The number of carbonyl (C=O) groups is 2. The van der Waals surface area contributed by atoms with Gasteiger partial charge in [0.05, 0.1) is 0 Å². The van der Waals surface area contributed by atoms with Crippen molar-refractivity contribution in [3.05, 3.63) is 0 Å². The van der Waals surface area contributed by atoms with E-state index in [1.54, 1.807) is 0 Å². The maximum atomic E-state index is 12.9. The highest BCUT2D eigenvalue weighted by atomic mass is 16.1. The predicted octanol–water partition coefficient (Wildman–Crippen LogP) is 7.64. The van der Waals surface area contributed by atoms with Crippen LogP contribution < -0.4 is 0 Å². The summed E-state index contributed by atoms with van der Waals surface area (Å²) in [5.74, 6) is 4.47. The van der Waals surface area contributed by atoms with Gasteiger partial charge < -0.3 is 0 Å². The number of ketones is 2. The largest absolute Gasteiger partial charge is 0.299 e. The fourth-order valence-electron chi connectivity index (χ4n) is 11.3. The summed E-state index contributed by atoms with van der Waals surface area (Å²) in [6.07, 6.45) is 13.0. The molecule has 32 heavy (non-hydrogen) atoms. The van der Waals surface area contributed by atoms with Crippen molar-refractivity contribution in [3.63, 3.8) is 0 Å². The molecule has 5 saturated carbocycles. The first kappa shape index (κ1) is 23.1. The Morgan fingerprint density at radius 2 is 1.12 bits per heavy atom. The second-order valence-electron chi connectivity index (χ2n) is 14.9. The first-order chi connectivity index (χ1) is 14.8. The molecule has 0 saturated heterocycles. The molecule has 5 fully saturated rings. The van der Waals surface area contributed by atoms with Gasteiger partial charge in [0.1, 0.15) is 11.6 Å². The molecule has 8 atom stereocenters. The summed E-state index contributed by atoms with van der Waals surface area (Å²) in [5.41, 5.74) is 0.751. The van der Waals surface area contributed by atoms with Crippen molar-refractivity contribution < 1.29 is 9.59 Å². The van der Waals surface area contributed by atoms with Crippen LogP contribution in [0.15, 0.2) is 0 Å². The van der Waals surface area contributed by atoms with Crippen molar-refractivity contribution in [2.24, 2.45) is 56.7 Å². The Labute approximate surface area is 197 Å². The van der Waals surface area contributed by atoms with Gasteiger partial charge in [0.2, 0.25) is 0 Å². The van der Waals surface area contributed by atoms with Crippen molar-refractivity contribution in [2.75, 3.05) is 0 Å². The molecule has 0 heterocycles. The number of hydrogen-bond donors (Lipinski definition) is 0. The van der Waals surface area contributed by atoms with Crippen molar-refractivity contribution in [1.29, 1.82) is 0 Å². The van der Waals surface area contributed by atoms with Gasteiger partial charge >= 0.3 is 0 Å². The average Bonchev–Trinajstić information content (AvgIpc) is 2.86. The van der Waals surface area contributed by atoms with E-state index in [2.05, 4.69) is 48.5 Å². The zero-order chi connectivity index (χ0) is 23.3. The lowest BCUT2D eigenvalue weighted by molar-refractivity contribution is -0.161. The number of carbonyl (C=O) groups excluding carboxylic acids is 2. The van der Waals surface area contributed by atoms with E-state index in [0.717, 1.165) is 43.4 Å². The average molecular weight is 441 g/mol. The van der Waals surface area contributed by atoms with E-state index >= 15 is 0 Å². The maximum Gasteiger partial charge on any atom is 0.138 e. The summed E-state index contributed by atoms with van der Waals surface area (Å²) in [7, 11) is 0. The number of hydrogen-bond acceptors (Lipinski definition) is 2. The second kappa shape index (κ2) is 6.94. The molecule has 0 aromatic heterocycles. The Morgan fingerprint density at radius 3 is 1.75 bits per heavy atom. The number of rotatable bonds is 0. The summed E-state index contributed by atoms with van der Waals surface area (Å²) in [6, 6.07) is 0. The Hall–Kier alpha value is -0.660. The molecule has 0 amide bonds. The van der Waals surface area contributed by atoms with Crippen molar-refractivity contribution >= 4 is 11.6 Å². The molecule has 0 aromatic carbocycles. The van der Waals surface area contributed by atoms with E-state index in [1.807, 2.05) is 0 Å². The number of fused-ring (bicyclic) bond motifs is 6. The van der Waals surface area contributed by atoms with Crippen LogP contribution in [-0.2, 0) is 9.59 Å². The van der Waals surface area contributed by atoms with Crippen LogP contribution in [0.3, 0.4) is 0 Å². The van der Waals surface area contributed by atoms with Gasteiger partial charge in [-0.25, -0.2) is 0 Å². The van der Waals surface area contributed by atoms with E-state index in [-0.39, 0.29) is 10.8 Å². The highest BCUT2D eigenvalue weighted by Crippen LogP contribution is 2.70. The van der Waals surface area contributed by atoms with Gasteiger partial charge in [-0.15, -0.1) is 0 Å². The third kappa shape index (κ3) is 2.89. The molecule has 0 unspecified atom stereocenters. The van der Waals surface area contributed by atoms with E-state index < -0.39 is 0 Å². The van der Waals surface area contributed by atoms with Crippen molar-refractivity contribution in [3.8, 4) is 0 Å². The van der Waals surface area contributed by atoms with Gasteiger partial charge in [0.15, 0.2) is 0 Å². The highest BCUT2D eigenvalue weighted by molar-refractivity contribution is 5.86. The molecule has 0 radical (unpaired) electrons. The smallest absolute Gasteiger partial charge is 0.138 e. The molecular formula is C30H48O2. The first-order valence-corrected chi connectivity index (χ1v) is 13.8. The van der Waals surface area contributed by atoms with Crippen LogP contribution in [0.4, 0.5) is 0 Å². The molecule has 0 bridgehead atoms. The summed E-state index contributed by atoms with van der Waals surface area (Å²) in [5, 5.41) is 0. The minimum Gasteiger partial charge on any atom is -0.299 e. The predicted molar refractivity (Wildman–Crippen MR) is 130 cm³/mol. The molecule has 5 aliphatic carbocycles. The topological polar surface area (TPSA) is 34.1 Å². The Morgan fingerprint density at radius 1 is 0.594 bits per heavy atom. The SMILES string of the molecule is CC1(C)C(=O)CC[C@@]2(C)[C@H]1CC[C@@]1(C)C[C@@H]3CC[C@H]4C(C)(C)C(=O)CC[C@]4(C)[C@H]3CC[C@@H]12. The summed E-state index contributed by atoms with van der Waals surface area (Å²) in [6.45, 7) is 16.8. The van der Waals surface area contributed by atoms with Gasteiger partial charge in [-0.3, -0.25) is 9.59 Å². The highest BCUT2D eigenvalue weighted by Gasteiger charge is 2.64. The molecule has 5 aliphatic rings. The lowest BCUT2D eigenvalue weighted by Gasteiger charge is -2.62. The molecule has 0 N–H and O–H groups in total. The lowest BCUT2D eigenvalue weighted by atomic mass is 9.42. The Bertz CT molecular complexity index is 823. The van der Waals surface area contributed by atoms with E-state index in [1.165, 1.54) is 44.9 Å². The lowest BCUT2D eigenvalue weighted by Crippen LogP contribution is -2.57.